The van der Waals surface area contributed by atoms with Crippen LogP contribution in [0.3, 0.4) is 0 Å². The number of aryl methyl sites for hydroxylation is 1. The zero-order chi connectivity index (χ0) is 16.0. The Hall–Kier alpha value is -1.09. The van der Waals surface area contributed by atoms with Crippen LogP contribution in [0.4, 0.5) is 5.82 Å². The van der Waals surface area contributed by atoms with Crippen LogP contribution in [0.15, 0.2) is 12.1 Å². The van der Waals surface area contributed by atoms with Crippen molar-refractivity contribution in [2.75, 3.05) is 18.5 Å². The van der Waals surface area contributed by atoms with E-state index in [1.165, 1.54) is 17.7 Å². The van der Waals surface area contributed by atoms with E-state index in [9.17, 15) is 0 Å². The van der Waals surface area contributed by atoms with Gasteiger partial charge < -0.3 is 10.2 Å². The molecule has 120 valence electrons. The Bertz CT molecular complexity index is 435. The predicted molar refractivity (Wildman–Crippen MR) is 92.9 cm³/mol. The molecule has 21 heavy (non-hydrogen) atoms. The van der Waals surface area contributed by atoms with Gasteiger partial charge in [-0.05, 0) is 49.4 Å². The van der Waals surface area contributed by atoms with E-state index in [0.717, 1.165) is 25.3 Å². The third-order valence-corrected chi connectivity index (χ3v) is 4.24. The van der Waals surface area contributed by atoms with E-state index in [1.54, 1.807) is 0 Å². The van der Waals surface area contributed by atoms with Crippen LogP contribution in [0, 0.1) is 5.41 Å². The van der Waals surface area contributed by atoms with E-state index in [1.807, 2.05) is 0 Å². The molecule has 0 aliphatic rings. The first kappa shape index (κ1) is 18.0. The van der Waals surface area contributed by atoms with Gasteiger partial charge in [-0.3, -0.25) is 0 Å². The van der Waals surface area contributed by atoms with Gasteiger partial charge in [0, 0.05) is 25.3 Å². The van der Waals surface area contributed by atoms with Crippen LogP contribution in [0.1, 0.15) is 59.2 Å². The number of anilines is 1. The van der Waals surface area contributed by atoms with Gasteiger partial charge in [-0.25, -0.2) is 4.98 Å². The lowest BCUT2D eigenvalue weighted by Crippen LogP contribution is -2.40. The lowest BCUT2D eigenvalue weighted by molar-refractivity contribution is 0.328. The number of nitrogens with zero attached hydrogens (tertiary/aromatic N) is 2. The highest BCUT2D eigenvalue weighted by atomic mass is 15.2. The molecule has 3 heteroatoms. The van der Waals surface area contributed by atoms with Crippen molar-refractivity contribution in [1.82, 2.24) is 10.3 Å². The summed E-state index contributed by atoms with van der Waals surface area (Å²) in [7, 11) is 2.15. The number of hydrogen-bond acceptors (Lipinski definition) is 3. The molecule has 0 saturated heterocycles. The fourth-order valence-corrected chi connectivity index (χ4v) is 2.29. The molecule has 0 radical (unpaired) electrons. The average molecular weight is 291 g/mol. The van der Waals surface area contributed by atoms with Crippen molar-refractivity contribution in [2.45, 2.75) is 67.0 Å². The van der Waals surface area contributed by atoms with Crippen molar-refractivity contribution >= 4 is 5.82 Å². The van der Waals surface area contributed by atoms with Gasteiger partial charge in [-0.15, -0.1) is 0 Å². The fraction of sp³-hybridized carbons (Fsp3) is 0.722. The molecule has 1 N–H and O–H groups in total. The summed E-state index contributed by atoms with van der Waals surface area (Å²) in [6, 6.07) is 4.89. The molecule has 1 atom stereocenters. The maximum absolute atomic E-state index is 4.81. The summed E-state index contributed by atoms with van der Waals surface area (Å²) in [5.74, 6) is 1.09. The monoisotopic (exact) mass is 291 g/mol. The molecule has 1 aromatic heterocycles. The molecule has 1 aromatic rings. The Morgan fingerprint density at radius 3 is 2.43 bits per heavy atom. The minimum Gasteiger partial charge on any atom is -0.356 e. The van der Waals surface area contributed by atoms with Crippen molar-refractivity contribution in [3.63, 3.8) is 0 Å². The largest absolute Gasteiger partial charge is 0.356 e. The van der Waals surface area contributed by atoms with Gasteiger partial charge >= 0.3 is 0 Å². The molecule has 0 fully saturated rings. The zero-order valence-electron chi connectivity index (χ0n) is 15.0. The second kappa shape index (κ2) is 7.79. The van der Waals surface area contributed by atoms with Crippen LogP contribution in [0.2, 0.25) is 0 Å². The standard InChI is InChI=1S/C18H33N3/c1-8-10-19-13-15-11-16(9-2)20-17(12-15)21(7)14(3)18(4,5)6/h11-12,14,19H,8-10,13H2,1-7H3. The summed E-state index contributed by atoms with van der Waals surface area (Å²) in [6.07, 6.45) is 2.14. The lowest BCUT2D eigenvalue weighted by atomic mass is 9.87. The third-order valence-electron chi connectivity index (χ3n) is 4.24. The number of rotatable bonds is 7. The lowest BCUT2D eigenvalue weighted by Gasteiger charge is -2.36. The van der Waals surface area contributed by atoms with Gasteiger partial charge in [-0.1, -0.05) is 34.6 Å². The van der Waals surface area contributed by atoms with Gasteiger partial charge in [0.1, 0.15) is 5.82 Å². The highest BCUT2D eigenvalue weighted by Gasteiger charge is 2.25. The van der Waals surface area contributed by atoms with Gasteiger partial charge in [0.2, 0.25) is 0 Å². The maximum atomic E-state index is 4.81. The second-order valence-corrected chi connectivity index (χ2v) is 7.01. The summed E-state index contributed by atoms with van der Waals surface area (Å²) >= 11 is 0. The molecule has 0 spiro atoms. The van der Waals surface area contributed by atoms with Gasteiger partial charge in [0.05, 0.1) is 0 Å². The number of pyridine rings is 1. The van der Waals surface area contributed by atoms with Crippen molar-refractivity contribution in [3.05, 3.63) is 23.4 Å². The van der Waals surface area contributed by atoms with Gasteiger partial charge in [0.25, 0.3) is 0 Å². The summed E-state index contributed by atoms with van der Waals surface area (Å²) in [5.41, 5.74) is 2.74. The summed E-state index contributed by atoms with van der Waals surface area (Å²) in [5, 5.41) is 3.48. The molecule has 1 rings (SSSR count). The number of hydrogen-bond donors (Lipinski definition) is 1. The molecular formula is C18H33N3. The van der Waals surface area contributed by atoms with Crippen LogP contribution in [0.5, 0.6) is 0 Å². The van der Waals surface area contributed by atoms with Gasteiger partial charge in [0.15, 0.2) is 0 Å². The first-order valence-electron chi connectivity index (χ1n) is 8.23. The fourth-order valence-electron chi connectivity index (χ4n) is 2.29. The predicted octanol–water partition coefficient (Wildman–Crippen LogP) is 4.01. The summed E-state index contributed by atoms with van der Waals surface area (Å²) < 4.78 is 0. The molecule has 3 nitrogen and oxygen atoms in total. The van der Waals surface area contributed by atoms with Crippen molar-refractivity contribution < 1.29 is 0 Å². The molecule has 1 unspecified atom stereocenters. The molecule has 0 saturated carbocycles. The Morgan fingerprint density at radius 1 is 1.24 bits per heavy atom. The SMILES string of the molecule is CCCNCc1cc(CC)nc(N(C)C(C)C(C)(C)C)c1. The molecule has 0 amide bonds. The first-order chi connectivity index (χ1) is 9.79. The van der Waals surface area contributed by atoms with E-state index < -0.39 is 0 Å². The smallest absolute Gasteiger partial charge is 0.129 e. The minimum absolute atomic E-state index is 0.235. The van der Waals surface area contributed by atoms with E-state index in [4.69, 9.17) is 4.98 Å². The van der Waals surface area contributed by atoms with E-state index in [0.29, 0.717) is 6.04 Å². The summed E-state index contributed by atoms with van der Waals surface area (Å²) in [4.78, 5) is 7.12. The van der Waals surface area contributed by atoms with Crippen LogP contribution in [0.25, 0.3) is 0 Å². The second-order valence-electron chi connectivity index (χ2n) is 7.01. The Morgan fingerprint density at radius 2 is 1.90 bits per heavy atom. The highest BCUT2D eigenvalue weighted by Crippen LogP contribution is 2.27. The van der Waals surface area contributed by atoms with Crippen molar-refractivity contribution in [1.29, 1.82) is 0 Å². The first-order valence-corrected chi connectivity index (χ1v) is 8.23. The number of aromatic nitrogens is 1. The maximum Gasteiger partial charge on any atom is 0.129 e. The zero-order valence-corrected chi connectivity index (χ0v) is 15.0. The van der Waals surface area contributed by atoms with Crippen LogP contribution in [-0.2, 0) is 13.0 Å². The van der Waals surface area contributed by atoms with Crippen LogP contribution in [-0.4, -0.2) is 24.6 Å². The molecule has 0 aromatic carbocycles. The molecule has 0 aliphatic heterocycles. The van der Waals surface area contributed by atoms with E-state index >= 15 is 0 Å². The topological polar surface area (TPSA) is 28.2 Å². The van der Waals surface area contributed by atoms with Crippen molar-refractivity contribution in [2.24, 2.45) is 5.41 Å². The van der Waals surface area contributed by atoms with Crippen molar-refractivity contribution in [3.8, 4) is 0 Å². The average Bonchev–Trinajstić information content (AvgIpc) is 2.44. The molecule has 0 bridgehead atoms. The molecule has 0 aliphatic carbocycles. The number of nitrogens with one attached hydrogen (secondary N) is 1. The Kier molecular flexibility index (Phi) is 6.66. The summed E-state index contributed by atoms with van der Waals surface area (Å²) in [6.45, 7) is 15.5. The van der Waals surface area contributed by atoms with Crippen LogP contribution >= 0.6 is 0 Å². The van der Waals surface area contributed by atoms with Gasteiger partial charge in [-0.2, -0.15) is 0 Å². The highest BCUT2D eigenvalue weighted by molar-refractivity contribution is 5.43. The Balaban J connectivity index is 2.97. The minimum atomic E-state index is 0.235. The van der Waals surface area contributed by atoms with Crippen LogP contribution < -0.4 is 10.2 Å². The van der Waals surface area contributed by atoms with E-state index in [-0.39, 0.29) is 5.41 Å². The quantitative estimate of drug-likeness (QED) is 0.769. The Labute approximate surface area is 131 Å². The third kappa shape index (κ3) is 5.31. The molecular weight excluding hydrogens is 258 g/mol. The normalized spacial score (nSPS) is 13.3. The van der Waals surface area contributed by atoms with E-state index in [2.05, 4.69) is 70.9 Å². The molecule has 1 heterocycles.